The van der Waals surface area contributed by atoms with Gasteiger partial charge in [0.2, 0.25) is 5.91 Å². The van der Waals surface area contributed by atoms with Crippen molar-refractivity contribution < 1.29 is 9.59 Å². The van der Waals surface area contributed by atoms with E-state index in [1.807, 2.05) is 43.4 Å². The maximum absolute atomic E-state index is 11.0. The second kappa shape index (κ2) is 4.64. The molecule has 0 bridgehead atoms. The molecule has 5 heteroatoms. The molecular weight excluding hydrogens is 271 g/mol. The van der Waals surface area contributed by atoms with Crippen molar-refractivity contribution in [3.63, 3.8) is 0 Å². The van der Waals surface area contributed by atoms with E-state index in [1.165, 1.54) is 0 Å². The van der Waals surface area contributed by atoms with Gasteiger partial charge in [-0.1, -0.05) is 22.6 Å². The summed E-state index contributed by atoms with van der Waals surface area (Å²) in [6.45, 7) is 5.54. The third kappa shape index (κ3) is 6.38. The largest absolute Gasteiger partial charge is 0.333 e. The lowest BCUT2D eigenvalue weighted by molar-refractivity contribution is -0.117. The van der Waals surface area contributed by atoms with Gasteiger partial charge in [0.15, 0.2) is 0 Å². The van der Waals surface area contributed by atoms with Gasteiger partial charge in [0.25, 0.3) is 0 Å². The van der Waals surface area contributed by atoms with E-state index in [0.29, 0.717) is 0 Å². The van der Waals surface area contributed by atoms with Crippen molar-refractivity contribution in [3.8, 4) is 0 Å². The van der Waals surface area contributed by atoms with Gasteiger partial charge in [-0.25, -0.2) is 4.79 Å². The summed E-state index contributed by atoms with van der Waals surface area (Å²) in [4.78, 5) is 21.7. The van der Waals surface area contributed by atoms with E-state index in [2.05, 4.69) is 10.6 Å². The molecule has 3 amide bonds. The summed E-state index contributed by atoms with van der Waals surface area (Å²) in [5, 5.41) is 4.80. The van der Waals surface area contributed by atoms with Crippen LogP contribution in [0.25, 0.3) is 0 Å². The highest BCUT2D eigenvalue weighted by Gasteiger charge is 2.14. The molecule has 0 aromatic heterocycles. The second-order valence-electron chi connectivity index (χ2n) is 3.39. The summed E-state index contributed by atoms with van der Waals surface area (Å²) in [6, 6.07) is -0.441. The van der Waals surface area contributed by atoms with Crippen molar-refractivity contribution in [3.05, 3.63) is 0 Å². The Bertz CT molecular complexity index is 186. The van der Waals surface area contributed by atoms with Crippen molar-refractivity contribution in [1.82, 2.24) is 10.6 Å². The molecule has 0 aliphatic rings. The van der Waals surface area contributed by atoms with Gasteiger partial charge in [0.1, 0.15) is 0 Å². The predicted molar refractivity (Wildman–Crippen MR) is 55.3 cm³/mol. The molecule has 0 aliphatic heterocycles. The van der Waals surface area contributed by atoms with Crippen molar-refractivity contribution in [2.24, 2.45) is 0 Å². The van der Waals surface area contributed by atoms with E-state index >= 15 is 0 Å². The van der Waals surface area contributed by atoms with Crippen LogP contribution < -0.4 is 10.6 Å². The summed E-state index contributed by atoms with van der Waals surface area (Å²) in [5.74, 6) is -0.280. The van der Waals surface area contributed by atoms with E-state index in [-0.39, 0.29) is 15.9 Å². The normalized spacial score (nSPS) is 10.7. The van der Waals surface area contributed by atoms with Gasteiger partial charge in [0, 0.05) is 5.54 Å². The Hall–Kier alpha value is -0.330. The molecular formula is C7H13IN2O2. The summed E-state index contributed by atoms with van der Waals surface area (Å²) in [6.07, 6.45) is 0. The molecule has 0 aromatic carbocycles. The van der Waals surface area contributed by atoms with Crippen LogP contribution >= 0.6 is 22.6 Å². The van der Waals surface area contributed by atoms with Crippen molar-refractivity contribution in [1.29, 1.82) is 0 Å². The minimum absolute atomic E-state index is 0.280. The Labute approximate surface area is 85.6 Å². The molecule has 12 heavy (non-hydrogen) atoms. The van der Waals surface area contributed by atoms with E-state index in [9.17, 15) is 9.59 Å². The fraction of sp³-hybridized carbons (Fsp3) is 0.714. The Morgan fingerprint density at radius 1 is 1.33 bits per heavy atom. The Balaban J connectivity index is 3.83. The summed E-state index contributed by atoms with van der Waals surface area (Å²) < 4.78 is 0.287. The number of amides is 3. The number of urea groups is 1. The maximum atomic E-state index is 11.0. The molecule has 0 spiro atoms. The van der Waals surface area contributed by atoms with E-state index in [0.717, 1.165) is 0 Å². The van der Waals surface area contributed by atoms with Crippen LogP contribution in [0.2, 0.25) is 0 Å². The molecule has 0 saturated heterocycles. The summed E-state index contributed by atoms with van der Waals surface area (Å²) >= 11 is 1.89. The van der Waals surface area contributed by atoms with E-state index in [4.69, 9.17) is 0 Å². The zero-order valence-corrected chi connectivity index (χ0v) is 9.56. The predicted octanol–water partition coefficient (Wildman–Crippen LogP) is 1.05. The SMILES string of the molecule is CC(C)(C)NC(=O)NC(=O)CI. The molecule has 2 N–H and O–H groups in total. The fourth-order valence-corrected chi connectivity index (χ4v) is 0.723. The lowest BCUT2D eigenvalue weighted by Gasteiger charge is -2.20. The van der Waals surface area contributed by atoms with Crippen LogP contribution in [-0.2, 0) is 4.79 Å². The van der Waals surface area contributed by atoms with Crippen LogP contribution in [0.5, 0.6) is 0 Å². The number of imide groups is 1. The highest BCUT2D eigenvalue weighted by molar-refractivity contribution is 14.1. The van der Waals surface area contributed by atoms with Gasteiger partial charge < -0.3 is 5.32 Å². The number of rotatable bonds is 1. The number of halogens is 1. The first kappa shape index (κ1) is 11.7. The van der Waals surface area contributed by atoms with Gasteiger partial charge >= 0.3 is 6.03 Å². The van der Waals surface area contributed by atoms with Crippen LogP contribution in [0.3, 0.4) is 0 Å². The van der Waals surface area contributed by atoms with E-state index < -0.39 is 6.03 Å². The number of hydrogen-bond acceptors (Lipinski definition) is 2. The Morgan fingerprint density at radius 3 is 2.17 bits per heavy atom. The molecule has 70 valence electrons. The smallest absolute Gasteiger partial charge is 0.321 e. The van der Waals surface area contributed by atoms with Gasteiger partial charge in [-0.15, -0.1) is 0 Å². The average molecular weight is 284 g/mol. The fourth-order valence-electron chi connectivity index (χ4n) is 0.532. The zero-order valence-electron chi connectivity index (χ0n) is 7.40. The first-order valence-electron chi connectivity index (χ1n) is 3.53. The first-order valence-corrected chi connectivity index (χ1v) is 5.05. The van der Waals surface area contributed by atoms with Crippen molar-refractivity contribution in [2.45, 2.75) is 26.3 Å². The summed E-state index contributed by atoms with van der Waals surface area (Å²) in [7, 11) is 0. The molecule has 4 nitrogen and oxygen atoms in total. The molecule has 0 saturated carbocycles. The average Bonchev–Trinajstić information content (AvgIpc) is 1.82. The molecule has 0 fully saturated rings. The minimum atomic E-state index is -0.441. The highest BCUT2D eigenvalue weighted by Crippen LogP contribution is 1.97. The van der Waals surface area contributed by atoms with Crippen LogP contribution in [0.1, 0.15) is 20.8 Å². The summed E-state index contributed by atoms with van der Waals surface area (Å²) in [5.41, 5.74) is -0.310. The van der Waals surface area contributed by atoms with Gasteiger partial charge in [-0.2, -0.15) is 0 Å². The molecule has 0 atom stereocenters. The van der Waals surface area contributed by atoms with Gasteiger partial charge in [0.05, 0.1) is 4.43 Å². The van der Waals surface area contributed by atoms with Crippen LogP contribution in [0, 0.1) is 0 Å². The number of hydrogen-bond donors (Lipinski definition) is 2. The van der Waals surface area contributed by atoms with E-state index in [1.54, 1.807) is 0 Å². The number of alkyl halides is 1. The first-order chi connectivity index (χ1) is 5.35. The molecule has 0 radical (unpaired) electrons. The molecule has 0 aromatic rings. The van der Waals surface area contributed by atoms with Crippen LogP contribution in [0.4, 0.5) is 4.79 Å². The Kier molecular flexibility index (Phi) is 4.51. The Morgan fingerprint density at radius 2 is 1.83 bits per heavy atom. The minimum Gasteiger partial charge on any atom is -0.333 e. The van der Waals surface area contributed by atoms with Crippen LogP contribution in [0.15, 0.2) is 0 Å². The van der Waals surface area contributed by atoms with Gasteiger partial charge in [-0.05, 0) is 20.8 Å². The lowest BCUT2D eigenvalue weighted by Crippen LogP contribution is -2.48. The third-order valence-electron chi connectivity index (χ3n) is 0.863. The number of carbonyl (C=O) groups is 2. The lowest BCUT2D eigenvalue weighted by atomic mass is 10.1. The molecule has 0 heterocycles. The van der Waals surface area contributed by atoms with Crippen molar-refractivity contribution >= 4 is 34.5 Å². The van der Waals surface area contributed by atoms with Crippen LogP contribution in [-0.4, -0.2) is 21.9 Å². The third-order valence-corrected chi connectivity index (χ3v) is 1.56. The van der Waals surface area contributed by atoms with Gasteiger partial charge in [-0.3, -0.25) is 10.1 Å². The molecule has 0 rings (SSSR count). The quantitative estimate of drug-likeness (QED) is 0.558. The van der Waals surface area contributed by atoms with Crippen molar-refractivity contribution in [2.75, 3.05) is 4.43 Å². The molecule has 0 unspecified atom stereocenters. The highest BCUT2D eigenvalue weighted by atomic mass is 127. The topological polar surface area (TPSA) is 58.2 Å². The second-order valence-corrected chi connectivity index (χ2v) is 4.15. The number of carbonyl (C=O) groups excluding carboxylic acids is 2. The maximum Gasteiger partial charge on any atom is 0.321 e. The number of nitrogens with one attached hydrogen (secondary N) is 2. The monoisotopic (exact) mass is 284 g/mol. The standard InChI is InChI=1S/C7H13IN2O2/c1-7(2,3)10-6(12)9-5(11)4-8/h4H2,1-3H3,(H2,9,10,11,12). The zero-order chi connectivity index (χ0) is 9.78. The molecule has 0 aliphatic carbocycles.